The Kier molecular flexibility index (Phi) is 3.61. The summed E-state index contributed by atoms with van der Waals surface area (Å²) in [6.07, 6.45) is 0. The van der Waals surface area contributed by atoms with E-state index < -0.39 is 0 Å². The minimum absolute atomic E-state index is 0.481. The van der Waals surface area contributed by atoms with Crippen molar-refractivity contribution < 1.29 is 4.74 Å². The topological polar surface area (TPSA) is 52.3 Å². The van der Waals surface area contributed by atoms with Crippen molar-refractivity contribution in [2.45, 2.75) is 6.61 Å². The number of thiophene rings is 1. The second-order valence-corrected chi connectivity index (χ2v) is 6.68. The summed E-state index contributed by atoms with van der Waals surface area (Å²) in [5, 5.41) is 19.5. The van der Waals surface area contributed by atoms with Gasteiger partial charge in [-0.05, 0) is 22.9 Å². The van der Waals surface area contributed by atoms with Gasteiger partial charge in [0.05, 0.1) is 0 Å². The van der Waals surface area contributed by atoms with E-state index in [0.29, 0.717) is 18.3 Å². The summed E-state index contributed by atoms with van der Waals surface area (Å²) in [5.74, 6) is 1.28. The molecule has 0 spiro atoms. The zero-order chi connectivity index (χ0) is 17.3. The molecule has 0 saturated carbocycles. The van der Waals surface area contributed by atoms with Gasteiger partial charge >= 0.3 is 0 Å². The van der Waals surface area contributed by atoms with Crippen molar-refractivity contribution in [3.8, 4) is 17.3 Å². The SMILES string of the molecule is c1ccc(-c2nnc3c4ccccc4c(OCc4ccsc4)nn23)cc1. The van der Waals surface area contributed by atoms with E-state index in [9.17, 15) is 0 Å². The molecule has 0 fully saturated rings. The number of hydrogen-bond donors (Lipinski definition) is 0. The number of hydrogen-bond acceptors (Lipinski definition) is 5. The van der Waals surface area contributed by atoms with Crippen LogP contribution in [0.1, 0.15) is 5.56 Å². The predicted octanol–water partition coefficient (Wildman–Crippen LogP) is 4.59. The normalized spacial score (nSPS) is 11.2. The zero-order valence-electron chi connectivity index (χ0n) is 13.7. The lowest BCUT2D eigenvalue weighted by Gasteiger charge is -2.09. The highest BCUT2D eigenvalue weighted by Gasteiger charge is 2.16. The summed E-state index contributed by atoms with van der Waals surface area (Å²) in [5.41, 5.74) is 2.82. The summed E-state index contributed by atoms with van der Waals surface area (Å²) in [6, 6.07) is 20.0. The minimum Gasteiger partial charge on any atom is -0.471 e. The van der Waals surface area contributed by atoms with Crippen molar-refractivity contribution in [3.63, 3.8) is 0 Å². The number of ether oxygens (including phenoxy) is 1. The molecule has 0 aliphatic carbocycles. The van der Waals surface area contributed by atoms with Crippen LogP contribution in [0.15, 0.2) is 71.4 Å². The predicted molar refractivity (Wildman–Crippen MR) is 102 cm³/mol. The summed E-state index contributed by atoms with van der Waals surface area (Å²) in [4.78, 5) is 0. The molecule has 5 nitrogen and oxygen atoms in total. The van der Waals surface area contributed by atoms with Gasteiger partial charge in [-0.25, -0.2) is 0 Å². The Morgan fingerprint density at radius 3 is 2.50 bits per heavy atom. The Morgan fingerprint density at radius 2 is 1.69 bits per heavy atom. The average Bonchev–Trinajstić information content (AvgIpc) is 3.36. The molecule has 26 heavy (non-hydrogen) atoms. The van der Waals surface area contributed by atoms with Crippen LogP contribution in [0.5, 0.6) is 5.88 Å². The van der Waals surface area contributed by atoms with Crippen molar-refractivity contribution in [3.05, 3.63) is 77.0 Å². The lowest BCUT2D eigenvalue weighted by atomic mass is 10.2. The summed E-state index contributed by atoms with van der Waals surface area (Å²) >= 11 is 1.66. The number of aromatic nitrogens is 4. The van der Waals surface area contributed by atoms with Gasteiger partial charge in [0, 0.05) is 21.9 Å². The maximum absolute atomic E-state index is 6.05. The molecule has 0 N–H and O–H groups in total. The first-order valence-corrected chi connectivity index (χ1v) is 9.18. The Morgan fingerprint density at radius 1 is 0.885 bits per heavy atom. The van der Waals surface area contributed by atoms with Crippen molar-refractivity contribution in [1.29, 1.82) is 0 Å². The van der Waals surface area contributed by atoms with Crippen LogP contribution in [0.3, 0.4) is 0 Å². The highest BCUT2D eigenvalue weighted by Crippen LogP contribution is 2.29. The molecule has 0 unspecified atom stereocenters. The maximum Gasteiger partial charge on any atom is 0.240 e. The van der Waals surface area contributed by atoms with Crippen molar-refractivity contribution >= 4 is 27.8 Å². The van der Waals surface area contributed by atoms with Gasteiger partial charge in [-0.1, -0.05) is 48.5 Å². The first kappa shape index (κ1) is 15.0. The van der Waals surface area contributed by atoms with Gasteiger partial charge in [0.2, 0.25) is 5.88 Å². The van der Waals surface area contributed by atoms with Crippen LogP contribution in [0.2, 0.25) is 0 Å². The fourth-order valence-electron chi connectivity index (χ4n) is 2.95. The molecule has 2 aromatic carbocycles. The third-order valence-electron chi connectivity index (χ3n) is 4.22. The molecule has 5 aromatic rings. The molecule has 0 radical (unpaired) electrons. The third kappa shape index (κ3) is 2.51. The highest BCUT2D eigenvalue weighted by molar-refractivity contribution is 7.07. The quantitative estimate of drug-likeness (QED) is 0.472. The number of rotatable bonds is 4. The molecular weight excluding hydrogens is 344 g/mol. The lowest BCUT2D eigenvalue weighted by molar-refractivity contribution is 0.294. The lowest BCUT2D eigenvalue weighted by Crippen LogP contribution is -2.03. The average molecular weight is 358 g/mol. The second kappa shape index (κ2) is 6.24. The van der Waals surface area contributed by atoms with E-state index in [2.05, 4.69) is 21.6 Å². The molecule has 0 aliphatic rings. The molecule has 0 atom stereocenters. The minimum atomic E-state index is 0.481. The second-order valence-electron chi connectivity index (χ2n) is 5.90. The maximum atomic E-state index is 6.05. The van der Waals surface area contributed by atoms with Gasteiger partial charge < -0.3 is 4.74 Å². The van der Waals surface area contributed by atoms with Crippen LogP contribution in [0, 0.1) is 0 Å². The van der Waals surface area contributed by atoms with Crippen molar-refractivity contribution in [2.24, 2.45) is 0 Å². The summed E-state index contributed by atoms with van der Waals surface area (Å²) in [6.45, 7) is 0.481. The molecule has 3 aromatic heterocycles. The van der Waals surface area contributed by atoms with E-state index in [0.717, 1.165) is 27.5 Å². The van der Waals surface area contributed by atoms with Gasteiger partial charge in [-0.2, -0.15) is 15.9 Å². The summed E-state index contributed by atoms with van der Waals surface area (Å²) in [7, 11) is 0. The van der Waals surface area contributed by atoms with E-state index in [1.165, 1.54) is 0 Å². The van der Waals surface area contributed by atoms with E-state index in [1.807, 2.05) is 60.0 Å². The first-order chi connectivity index (χ1) is 12.9. The molecule has 126 valence electrons. The molecule has 0 amide bonds. The van der Waals surface area contributed by atoms with Crippen LogP contribution in [-0.4, -0.2) is 19.8 Å². The molecule has 0 saturated heterocycles. The molecule has 6 heteroatoms. The number of benzene rings is 2. The van der Waals surface area contributed by atoms with Crippen LogP contribution in [-0.2, 0) is 6.61 Å². The first-order valence-electron chi connectivity index (χ1n) is 8.23. The van der Waals surface area contributed by atoms with E-state index in [4.69, 9.17) is 9.84 Å². The Labute approximate surface area is 153 Å². The molecular formula is C20H14N4OS. The van der Waals surface area contributed by atoms with E-state index in [-0.39, 0.29) is 0 Å². The van der Waals surface area contributed by atoms with E-state index >= 15 is 0 Å². The highest BCUT2D eigenvalue weighted by atomic mass is 32.1. The van der Waals surface area contributed by atoms with Crippen LogP contribution in [0.25, 0.3) is 27.8 Å². The molecule has 3 heterocycles. The third-order valence-corrected chi connectivity index (χ3v) is 4.95. The van der Waals surface area contributed by atoms with E-state index in [1.54, 1.807) is 15.9 Å². The smallest absolute Gasteiger partial charge is 0.240 e. The van der Waals surface area contributed by atoms with Gasteiger partial charge in [0.25, 0.3) is 0 Å². The Hall–Kier alpha value is -3.25. The zero-order valence-corrected chi connectivity index (χ0v) is 14.6. The largest absolute Gasteiger partial charge is 0.471 e. The number of fused-ring (bicyclic) bond motifs is 3. The van der Waals surface area contributed by atoms with Gasteiger partial charge in [0.1, 0.15) is 6.61 Å². The van der Waals surface area contributed by atoms with Crippen LogP contribution in [0.4, 0.5) is 0 Å². The standard InChI is InChI=1S/C20H14N4OS/c1-2-6-15(7-3-1)18-21-22-19-16-8-4-5-9-17(16)20(23-24(18)19)25-12-14-10-11-26-13-14/h1-11,13H,12H2. The van der Waals surface area contributed by atoms with Gasteiger partial charge in [0.15, 0.2) is 11.5 Å². The molecule has 0 aliphatic heterocycles. The molecule has 5 rings (SSSR count). The number of nitrogens with zero attached hydrogens (tertiary/aromatic N) is 4. The Bertz CT molecular complexity index is 1180. The van der Waals surface area contributed by atoms with Crippen LogP contribution >= 0.6 is 11.3 Å². The van der Waals surface area contributed by atoms with Crippen molar-refractivity contribution in [2.75, 3.05) is 0 Å². The monoisotopic (exact) mass is 358 g/mol. The van der Waals surface area contributed by atoms with Crippen LogP contribution < -0.4 is 4.74 Å². The van der Waals surface area contributed by atoms with Gasteiger partial charge in [-0.3, -0.25) is 0 Å². The summed E-state index contributed by atoms with van der Waals surface area (Å²) < 4.78 is 7.82. The molecule has 0 bridgehead atoms. The van der Waals surface area contributed by atoms with Gasteiger partial charge in [-0.15, -0.1) is 15.3 Å². The fourth-order valence-corrected chi connectivity index (χ4v) is 3.61. The van der Waals surface area contributed by atoms with Crippen molar-refractivity contribution in [1.82, 2.24) is 19.8 Å². The Balaban J connectivity index is 1.69. The fraction of sp³-hybridized carbons (Fsp3) is 0.0500.